The predicted molar refractivity (Wildman–Crippen MR) is 242 cm³/mol. The Balaban J connectivity index is 1.19. The van der Waals surface area contributed by atoms with E-state index in [4.69, 9.17) is 19.3 Å². The molecular weight excluding hydrogens is 753 g/mol. The lowest BCUT2D eigenvalue weighted by Gasteiger charge is -2.43. The molecule has 0 saturated carbocycles. The number of methoxy groups -OCH3 is 2. The molecule has 3 aromatic carbocycles. The first-order chi connectivity index (χ1) is 29.1. The van der Waals surface area contributed by atoms with Crippen LogP contribution in [0.3, 0.4) is 0 Å². The number of carbonyl (C=O) groups is 2. The third-order valence-electron chi connectivity index (χ3n) is 13.0. The van der Waals surface area contributed by atoms with Crippen LogP contribution in [0.2, 0.25) is 0 Å². The zero-order valence-corrected chi connectivity index (χ0v) is 37.4. The summed E-state index contributed by atoms with van der Waals surface area (Å²) in [5, 5.41) is 23.2. The van der Waals surface area contributed by atoms with Gasteiger partial charge < -0.3 is 34.6 Å². The number of carboxylic acid groups (broad SMARTS) is 1. The SMILES string of the molecule is COc1ccc(C(OCC2(C)CN(C(=O)CCCCCCCCCNCCCCCCCCCCCC(=O)O)CC2(C)CO)(c2ccccc2)c2ccc(OC)cc2)cc1. The molecule has 60 heavy (non-hydrogen) atoms. The number of hydrogen-bond donors (Lipinski definition) is 3. The van der Waals surface area contributed by atoms with E-state index in [-0.39, 0.29) is 12.5 Å². The third kappa shape index (κ3) is 14.3. The Morgan fingerprint density at radius 2 is 1.02 bits per heavy atom. The molecule has 1 heterocycles. The van der Waals surface area contributed by atoms with E-state index in [1.54, 1.807) is 14.2 Å². The van der Waals surface area contributed by atoms with E-state index in [0.29, 0.717) is 32.5 Å². The highest BCUT2D eigenvalue weighted by atomic mass is 16.5. The second-order valence-corrected chi connectivity index (χ2v) is 17.6. The van der Waals surface area contributed by atoms with E-state index in [0.717, 1.165) is 79.8 Å². The highest BCUT2D eigenvalue weighted by Gasteiger charge is 2.54. The minimum atomic E-state index is -0.984. The Labute approximate surface area is 361 Å². The van der Waals surface area contributed by atoms with Crippen molar-refractivity contribution < 1.29 is 34.0 Å². The van der Waals surface area contributed by atoms with Gasteiger partial charge in [0, 0.05) is 36.8 Å². The normalized spacial score (nSPS) is 17.9. The summed E-state index contributed by atoms with van der Waals surface area (Å²) in [6, 6.07) is 26.3. The Hall–Kier alpha value is -3.92. The van der Waals surface area contributed by atoms with Crippen molar-refractivity contribution in [3.63, 3.8) is 0 Å². The molecule has 3 N–H and O–H groups in total. The molecule has 1 saturated heterocycles. The van der Waals surface area contributed by atoms with Gasteiger partial charge in [-0.05, 0) is 79.7 Å². The average molecular weight is 829 g/mol. The number of ether oxygens (including phenoxy) is 3. The van der Waals surface area contributed by atoms with Crippen LogP contribution >= 0.6 is 0 Å². The molecule has 9 nitrogen and oxygen atoms in total. The predicted octanol–water partition coefficient (Wildman–Crippen LogP) is 10.6. The number of amides is 1. The van der Waals surface area contributed by atoms with Gasteiger partial charge in [0.2, 0.25) is 5.91 Å². The molecule has 0 spiro atoms. The number of aliphatic hydroxyl groups is 1. The van der Waals surface area contributed by atoms with Crippen LogP contribution in [-0.2, 0) is 19.9 Å². The number of rotatable bonds is 31. The molecule has 2 atom stereocenters. The fourth-order valence-corrected chi connectivity index (χ4v) is 8.72. The number of carbonyl (C=O) groups excluding carboxylic acids is 1. The highest BCUT2D eigenvalue weighted by molar-refractivity contribution is 5.76. The number of benzene rings is 3. The van der Waals surface area contributed by atoms with Gasteiger partial charge in [0.05, 0.1) is 27.4 Å². The van der Waals surface area contributed by atoms with Crippen LogP contribution in [0.25, 0.3) is 0 Å². The van der Waals surface area contributed by atoms with Crippen molar-refractivity contribution in [2.75, 3.05) is 53.6 Å². The molecule has 1 fully saturated rings. The second kappa shape index (κ2) is 25.8. The zero-order valence-electron chi connectivity index (χ0n) is 37.4. The molecule has 3 aromatic rings. The maximum atomic E-state index is 13.7. The highest BCUT2D eigenvalue weighted by Crippen LogP contribution is 2.49. The quantitative estimate of drug-likeness (QED) is 0.0434. The summed E-state index contributed by atoms with van der Waals surface area (Å²) in [5.41, 5.74) is 0.830. The van der Waals surface area contributed by atoms with E-state index in [9.17, 15) is 14.7 Å². The average Bonchev–Trinajstić information content (AvgIpc) is 3.55. The van der Waals surface area contributed by atoms with E-state index in [1.165, 1.54) is 64.2 Å². The fraction of sp³-hybridized carbons (Fsp3) is 0.608. The lowest BCUT2D eigenvalue weighted by Crippen LogP contribution is -2.46. The largest absolute Gasteiger partial charge is 0.497 e. The van der Waals surface area contributed by atoms with Crippen molar-refractivity contribution in [3.8, 4) is 11.5 Å². The van der Waals surface area contributed by atoms with Crippen LogP contribution in [0, 0.1) is 10.8 Å². The van der Waals surface area contributed by atoms with Crippen molar-refractivity contribution in [1.29, 1.82) is 0 Å². The summed E-state index contributed by atoms with van der Waals surface area (Å²) in [6.07, 6.45) is 19.5. The minimum Gasteiger partial charge on any atom is -0.497 e. The molecule has 1 aliphatic heterocycles. The molecule has 9 heteroatoms. The van der Waals surface area contributed by atoms with Crippen LogP contribution in [0.1, 0.15) is 146 Å². The molecule has 1 amide bonds. The standard InChI is InChI=1S/C51H76N2O7/c1-49(40-54)38-53(47(55)26-20-13-9-8-12-16-23-37-52-36-22-15-11-7-5-6-10-14-21-27-48(56)57)39-50(49,2)41-60-51(42-24-18-17-19-25-42,43-28-32-45(58-3)33-29-43)44-30-34-46(59-4)35-31-44/h17-19,24-25,28-35,52,54H,5-16,20-23,26-27,36-41H2,1-4H3,(H,56,57). The number of hydrogen-bond acceptors (Lipinski definition) is 7. The molecule has 0 aromatic heterocycles. The number of likely N-dealkylation sites (tertiary alicyclic amines) is 1. The van der Waals surface area contributed by atoms with Crippen LogP contribution < -0.4 is 14.8 Å². The van der Waals surface area contributed by atoms with Gasteiger partial charge in [-0.2, -0.15) is 0 Å². The van der Waals surface area contributed by atoms with Crippen molar-refractivity contribution in [3.05, 3.63) is 95.6 Å². The van der Waals surface area contributed by atoms with E-state index in [1.807, 2.05) is 47.4 Å². The topological polar surface area (TPSA) is 118 Å². The van der Waals surface area contributed by atoms with Gasteiger partial charge in [0.25, 0.3) is 0 Å². The number of unbranched alkanes of at least 4 members (excludes halogenated alkanes) is 14. The number of nitrogens with zero attached hydrogens (tertiary/aromatic N) is 1. The zero-order chi connectivity index (χ0) is 43.1. The maximum absolute atomic E-state index is 13.7. The summed E-state index contributed by atoms with van der Waals surface area (Å²) in [7, 11) is 3.33. The Morgan fingerprint density at radius 1 is 0.600 bits per heavy atom. The molecule has 4 rings (SSSR count). The Morgan fingerprint density at radius 3 is 1.47 bits per heavy atom. The molecule has 0 radical (unpaired) electrons. The number of carboxylic acids is 1. The summed E-state index contributed by atoms with van der Waals surface area (Å²) in [6.45, 7) is 7.73. The van der Waals surface area contributed by atoms with Crippen molar-refractivity contribution in [2.45, 2.75) is 135 Å². The van der Waals surface area contributed by atoms with Crippen LogP contribution in [0.4, 0.5) is 0 Å². The molecule has 332 valence electrons. The Kier molecular flexibility index (Phi) is 20.9. The van der Waals surface area contributed by atoms with Crippen molar-refractivity contribution >= 4 is 11.9 Å². The molecular formula is C51H76N2O7. The third-order valence-corrected chi connectivity index (χ3v) is 13.0. The van der Waals surface area contributed by atoms with Gasteiger partial charge in [-0.1, -0.05) is 145 Å². The van der Waals surface area contributed by atoms with Crippen LogP contribution in [-0.4, -0.2) is 80.6 Å². The second-order valence-electron chi connectivity index (χ2n) is 17.6. The first-order valence-electron chi connectivity index (χ1n) is 22.9. The summed E-state index contributed by atoms with van der Waals surface area (Å²) >= 11 is 0. The fourth-order valence-electron chi connectivity index (χ4n) is 8.72. The summed E-state index contributed by atoms with van der Waals surface area (Å²) < 4.78 is 18.4. The molecule has 0 bridgehead atoms. The first-order valence-corrected chi connectivity index (χ1v) is 22.9. The van der Waals surface area contributed by atoms with Gasteiger partial charge in [-0.15, -0.1) is 0 Å². The maximum Gasteiger partial charge on any atom is 0.303 e. The minimum absolute atomic E-state index is 0.0452. The van der Waals surface area contributed by atoms with Crippen LogP contribution in [0.15, 0.2) is 78.9 Å². The van der Waals surface area contributed by atoms with Gasteiger partial charge in [-0.3, -0.25) is 9.59 Å². The van der Waals surface area contributed by atoms with Gasteiger partial charge in [0.15, 0.2) is 0 Å². The monoisotopic (exact) mass is 829 g/mol. The lowest BCUT2D eigenvalue weighted by atomic mass is 9.68. The smallest absolute Gasteiger partial charge is 0.303 e. The van der Waals surface area contributed by atoms with Crippen molar-refractivity contribution in [1.82, 2.24) is 10.2 Å². The van der Waals surface area contributed by atoms with Crippen LogP contribution in [0.5, 0.6) is 11.5 Å². The lowest BCUT2D eigenvalue weighted by molar-refractivity contribution is -0.137. The van der Waals surface area contributed by atoms with Crippen molar-refractivity contribution in [2.24, 2.45) is 10.8 Å². The first kappa shape index (κ1) is 48.7. The van der Waals surface area contributed by atoms with E-state index < -0.39 is 22.4 Å². The number of aliphatic carboxylic acids is 1. The number of aliphatic hydroxyl groups excluding tert-OH is 1. The van der Waals surface area contributed by atoms with E-state index in [2.05, 4.69) is 55.6 Å². The number of nitrogens with one attached hydrogen (secondary N) is 1. The molecule has 0 aliphatic carbocycles. The summed E-state index contributed by atoms with van der Waals surface area (Å²) in [4.78, 5) is 26.2. The summed E-state index contributed by atoms with van der Waals surface area (Å²) in [5.74, 6) is 0.999. The van der Waals surface area contributed by atoms with Gasteiger partial charge >= 0.3 is 5.97 Å². The molecule has 2 unspecified atom stereocenters. The molecule has 1 aliphatic rings. The van der Waals surface area contributed by atoms with Gasteiger partial charge in [0.1, 0.15) is 17.1 Å². The Bertz CT molecular complexity index is 1600. The van der Waals surface area contributed by atoms with Gasteiger partial charge in [-0.25, -0.2) is 0 Å². The van der Waals surface area contributed by atoms with E-state index >= 15 is 0 Å².